The number of aryl methyl sites for hydroxylation is 2. The van der Waals surface area contributed by atoms with Gasteiger partial charge in [0.15, 0.2) is 0 Å². The molecule has 3 rings (SSSR count). The number of benzene rings is 1. The van der Waals surface area contributed by atoms with Crippen molar-refractivity contribution >= 4 is 28.2 Å². The van der Waals surface area contributed by atoms with Gasteiger partial charge >= 0.3 is 5.97 Å². The Morgan fingerprint density at radius 3 is 2.92 bits per heavy atom. The van der Waals surface area contributed by atoms with Gasteiger partial charge in [0.2, 0.25) is 0 Å². The minimum atomic E-state index is -0.322. The van der Waals surface area contributed by atoms with Crippen LogP contribution in [0.2, 0.25) is 0 Å². The average Bonchev–Trinajstić information content (AvgIpc) is 3.00. The first-order valence-electron chi connectivity index (χ1n) is 7.64. The van der Waals surface area contributed by atoms with E-state index in [1.165, 1.54) is 10.9 Å². The van der Waals surface area contributed by atoms with Crippen LogP contribution in [-0.4, -0.2) is 27.1 Å². The fourth-order valence-corrected chi connectivity index (χ4v) is 3.14. The third kappa shape index (κ3) is 3.68. The fraction of sp³-hybridized carbons (Fsp3) is 0.294. The molecular weight excluding hydrogens is 326 g/mol. The lowest BCUT2D eigenvalue weighted by Crippen LogP contribution is -2.22. The largest absolute Gasteiger partial charge is 0.465 e. The first kappa shape index (κ1) is 16.3. The molecule has 124 valence electrons. The summed E-state index contributed by atoms with van der Waals surface area (Å²) in [7, 11) is 0. The molecule has 0 radical (unpaired) electrons. The molecule has 0 aliphatic carbocycles. The number of thiazole rings is 1. The number of carbonyl (C=O) groups is 1. The lowest BCUT2D eigenvalue weighted by Gasteiger charge is -2.07. The molecule has 0 bridgehead atoms. The topological polar surface area (TPSA) is 74.1 Å². The molecule has 0 saturated heterocycles. The van der Waals surface area contributed by atoms with Gasteiger partial charge in [-0.05, 0) is 19.1 Å². The van der Waals surface area contributed by atoms with Gasteiger partial charge in [-0.2, -0.15) is 0 Å². The van der Waals surface area contributed by atoms with Crippen LogP contribution in [0.1, 0.15) is 17.0 Å². The molecule has 0 fully saturated rings. The Morgan fingerprint density at radius 1 is 1.29 bits per heavy atom. The summed E-state index contributed by atoms with van der Waals surface area (Å²) in [5.74, 6) is -0.322. The predicted molar refractivity (Wildman–Crippen MR) is 92.1 cm³/mol. The van der Waals surface area contributed by atoms with Gasteiger partial charge in [-0.25, -0.2) is 9.97 Å². The molecule has 0 saturated carbocycles. The van der Waals surface area contributed by atoms with Crippen LogP contribution in [0.25, 0.3) is 10.9 Å². The Labute approximate surface area is 142 Å². The average molecular weight is 343 g/mol. The molecule has 7 heteroatoms. The Bertz CT molecular complexity index is 917. The Balaban J connectivity index is 1.54. The van der Waals surface area contributed by atoms with Crippen molar-refractivity contribution in [1.29, 1.82) is 0 Å². The van der Waals surface area contributed by atoms with Crippen LogP contribution in [0.15, 0.2) is 40.9 Å². The molecular formula is C17H17N3O3S. The van der Waals surface area contributed by atoms with Crippen LogP contribution in [-0.2, 0) is 22.5 Å². The van der Waals surface area contributed by atoms with Crippen LogP contribution < -0.4 is 5.56 Å². The maximum absolute atomic E-state index is 12.3. The zero-order valence-electron chi connectivity index (χ0n) is 13.3. The predicted octanol–water partition coefficient (Wildman–Crippen LogP) is 2.34. The highest BCUT2D eigenvalue weighted by Gasteiger charge is 2.08. The van der Waals surface area contributed by atoms with E-state index in [0.29, 0.717) is 23.9 Å². The van der Waals surface area contributed by atoms with Crippen molar-refractivity contribution in [3.05, 3.63) is 57.0 Å². The third-order valence-electron chi connectivity index (χ3n) is 3.73. The summed E-state index contributed by atoms with van der Waals surface area (Å²) < 4.78 is 6.66. The van der Waals surface area contributed by atoms with E-state index in [4.69, 9.17) is 4.74 Å². The Hall–Kier alpha value is -2.54. The van der Waals surface area contributed by atoms with Crippen molar-refractivity contribution in [2.24, 2.45) is 0 Å². The van der Waals surface area contributed by atoms with Gasteiger partial charge in [-0.3, -0.25) is 14.2 Å². The van der Waals surface area contributed by atoms with E-state index in [9.17, 15) is 9.59 Å². The molecule has 24 heavy (non-hydrogen) atoms. The molecule has 0 aliphatic heterocycles. The number of fused-ring (bicyclic) bond motifs is 1. The quantitative estimate of drug-likeness (QED) is 0.642. The van der Waals surface area contributed by atoms with Gasteiger partial charge in [0.1, 0.15) is 0 Å². The van der Waals surface area contributed by atoms with E-state index in [2.05, 4.69) is 9.97 Å². The van der Waals surface area contributed by atoms with Gasteiger partial charge in [-0.15, -0.1) is 11.3 Å². The van der Waals surface area contributed by atoms with E-state index in [1.54, 1.807) is 35.0 Å². The van der Waals surface area contributed by atoms with E-state index in [1.807, 2.05) is 13.0 Å². The zero-order chi connectivity index (χ0) is 16.9. The minimum Gasteiger partial charge on any atom is -0.465 e. The number of para-hydroxylation sites is 1. The van der Waals surface area contributed by atoms with Gasteiger partial charge in [0.25, 0.3) is 5.56 Å². The number of rotatable bonds is 6. The molecule has 0 atom stereocenters. The number of esters is 1. The molecule has 3 aromatic rings. The molecule has 0 N–H and O–H groups in total. The minimum absolute atomic E-state index is 0.140. The highest BCUT2D eigenvalue weighted by molar-refractivity contribution is 7.09. The van der Waals surface area contributed by atoms with E-state index < -0.39 is 0 Å². The number of aromatic nitrogens is 3. The summed E-state index contributed by atoms with van der Waals surface area (Å²) in [5, 5.41) is 0.550. The first-order chi connectivity index (χ1) is 11.6. The van der Waals surface area contributed by atoms with Crippen molar-refractivity contribution < 1.29 is 9.53 Å². The summed E-state index contributed by atoms with van der Waals surface area (Å²) in [4.78, 5) is 33.7. The highest BCUT2D eigenvalue weighted by Crippen LogP contribution is 2.12. The van der Waals surface area contributed by atoms with Crippen LogP contribution >= 0.6 is 11.3 Å². The van der Waals surface area contributed by atoms with E-state index in [-0.39, 0.29) is 24.5 Å². The van der Waals surface area contributed by atoms with Gasteiger partial charge in [0, 0.05) is 17.8 Å². The SMILES string of the molecule is Cc1ncsc1CCOC(=O)CCn1cnc2ccccc2c1=O. The normalized spacial score (nSPS) is 10.9. The standard InChI is InChI=1S/C17H17N3O3S/c1-12-15(24-11-19-12)7-9-23-16(21)6-8-20-10-18-14-5-3-2-4-13(14)17(20)22/h2-5,10-11H,6-9H2,1H3. The second kappa shape index (κ2) is 7.35. The Morgan fingerprint density at radius 2 is 2.12 bits per heavy atom. The summed E-state index contributed by atoms with van der Waals surface area (Å²) >= 11 is 1.56. The first-order valence-corrected chi connectivity index (χ1v) is 8.52. The maximum atomic E-state index is 12.3. The molecule has 0 aliphatic rings. The van der Waals surface area contributed by atoms with Gasteiger partial charge in [0.05, 0.1) is 41.5 Å². The Kier molecular flexibility index (Phi) is 5.00. The third-order valence-corrected chi connectivity index (χ3v) is 4.72. The van der Waals surface area contributed by atoms with Crippen LogP contribution in [0.5, 0.6) is 0 Å². The van der Waals surface area contributed by atoms with Crippen LogP contribution in [0.4, 0.5) is 0 Å². The highest BCUT2D eigenvalue weighted by atomic mass is 32.1. The second-order valence-electron chi connectivity index (χ2n) is 5.34. The smallest absolute Gasteiger partial charge is 0.307 e. The summed E-state index contributed by atoms with van der Waals surface area (Å²) in [6, 6.07) is 7.15. The molecule has 0 spiro atoms. The van der Waals surface area contributed by atoms with Crippen LogP contribution in [0, 0.1) is 6.92 Å². The molecule has 1 aromatic carbocycles. The molecule has 0 unspecified atom stereocenters. The van der Waals surface area contributed by atoms with Crippen molar-refractivity contribution in [1.82, 2.24) is 14.5 Å². The fourth-order valence-electron chi connectivity index (χ4n) is 2.37. The van der Waals surface area contributed by atoms with E-state index >= 15 is 0 Å². The molecule has 6 nitrogen and oxygen atoms in total. The number of hydrogen-bond donors (Lipinski definition) is 0. The lowest BCUT2D eigenvalue weighted by atomic mass is 10.2. The number of hydrogen-bond acceptors (Lipinski definition) is 6. The van der Waals surface area contributed by atoms with Gasteiger partial charge in [-0.1, -0.05) is 12.1 Å². The van der Waals surface area contributed by atoms with Crippen molar-refractivity contribution in [2.75, 3.05) is 6.61 Å². The van der Waals surface area contributed by atoms with Crippen molar-refractivity contribution in [2.45, 2.75) is 26.3 Å². The number of nitrogens with zero attached hydrogens (tertiary/aromatic N) is 3. The van der Waals surface area contributed by atoms with E-state index in [0.717, 1.165) is 10.6 Å². The second-order valence-corrected chi connectivity index (χ2v) is 6.28. The van der Waals surface area contributed by atoms with Crippen LogP contribution in [0.3, 0.4) is 0 Å². The molecule has 2 heterocycles. The van der Waals surface area contributed by atoms with Crippen molar-refractivity contribution in [3.63, 3.8) is 0 Å². The number of ether oxygens (including phenoxy) is 1. The lowest BCUT2D eigenvalue weighted by molar-refractivity contribution is -0.143. The summed E-state index contributed by atoms with van der Waals surface area (Å²) in [5.41, 5.74) is 3.27. The summed E-state index contributed by atoms with van der Waals surface area (Å²) in [6.45, 7) is 2.52. The number of carbonyl (C=O) groups excluding carboxylic acids is 1. The summed E-state index contributed by atoms with van der Waals surface area (Å²) in [6.07, 6.45) is 2.28. The molecule has 2 aromatic heterocycles. The monoisotopic (exact) mass is 343 g/mol. The zero-order valence-corrected chi connectivity index (χ0v) is 14.1. The van der Waals surface area contributed by atoms with Gasteiger partial charge < -0.3 is 4.74 Å². The van der Waals surface area contributed by atoms with Crippen molar-refractivity contribution in [3.8, 4) is 0 Å². The molecule has 0 amide bonds. The maximum Gasteiger partial charge on any atom is 0.307 e.